The summed E-state index contributed by atoms with van der Waals surface area (Å²) >= 11 is 0. The number of benzene rings is 2. The van der Waals surface area contributed by atoms with Crippen LogP contribution in [0.5, 0.6) is 11.6 Å². The zero-order valence-electron chi connectivity index (χ0n) is 16.5. The number of aromatic nitrogens is 2. The molecule has 0 bridgehead atoms. The molecule has 150 valence electrons. The number of nitrogens with zero attached hydrogens (tertiary/aromatic N) is 3. The molecule has 4 rings (SSSR count). The van der Waals surface area contributed by atoms with Crippen molar-refractivity contribution in [3.8, 4) is 17.3 Å². The maximum atomic E-state index is 13.4. The summed E-state index contributed by atoms with van der Waals surface area (Å²) in [5.41, 5.74) is 2.40. The van der Waals surface area contributed by atoms with Gasteiger partial charge in [0.25, 0.3) is 0 Å². The second-order valence-electron chi connectivity index (χ2n) is 7.26. The number of carbonyl (C=O) groups is 1. The fourth-order valence-electron chi connectivity index (χ4n) is 3.65. The molecule has 2 heterocycles. The quantitative estimate of drug-likeness (QED) is 0.612. The Balaban J connectivity index is 1.65. The van der Waals surface area contributed by atoms with Crippen molar-refractivity contribution in [3.63, 3.8) is 0 Å². The summed E-state index contributed by atoms with van der Waals surface area (Å²) in [4.78, 5) is 14.5. The molecule has 2 aromatic carbocycles. The Hall–Kier alpha value is -3.15. The van der Waals surface area contributed by atoms with E-state index in [0.29, 0.717) is 30.2 Å². The molecule has 1 aliphatic rings. The minimum Gasteiger partial charge on any atom is -0.439 e. The van der Waals surface area contributed by atoms with Gasteiger partial charge < -0.3 is 9.64 Å². The second kappa shape index (κ2) is 8.47. The average molecular weight is 393 g/mol. The first-order valence-corrected chi connectivity index (χ1v) is 9.97. The number of halogens is 1. The molecule has 6 heteroatoms. The van der Waals surface area contributed by atoms with Gasteiger partial charge >= 0.3 is 0 Å². The fourth-order valence-corrected chi connectivity index (χ4v) is 3.65. The van der Waals surface area contributed by atoms with Crippen LogP contribution in [0.15, 0.2) is 54.6 Å². The van der Waals surface area contributed by atoms with Crippen molar-refractivity contribution in [1.29, 1.82) is 0 Å². The van der Waals surface area contributed by atoms with Crippen LogP contribution in [-0.2, 0) is 11.2 Å². The molecule has 0 radical (unpaired) electrons. The van der Waals surface area contributed by atoms with E-state index in [1.165, 1.54) is 12.1 Å². The van der Waals surface area contributed by atoms with Crippen molar-refractivity contribution in [2.24, 2.45) is 0 Å². The fraction of sp³-hybridized carbons (Fsp3) is 0.304. The predicted molar refractivity (Wildman–Crippen MR) is 109 cm³/mol. The third-order valence-electron chi connectivity index (χ3n) is 5.21. The molecule has 0 unspecified atom stereocenters. The highest BCUT2D eigenvalue weighted by atomic mass is 19.1. The van der Waals surface area contributed by atoms with Crippen LogP contribution in [0, 0.1) is 12.7 Å². The minimum absolute atomic E-state index is 0.169. The monoisotopic (exact) mass is 393 g/mol. The van der Waals surface area contributed by atoms with Crippen LogP contribution in [0.1, 0.15) is 30.5 Å². The molecule has 0 aliphatic carbocycles. The maximum Gasteiger partial charge on any atom is 0.226 e. The molecule has 1 fully saturated rings. The Morgan fingerprint density at radius 1 is 1.07 bits per heavy atom. The van der Waals surface area contributed by atoms with Gasteiger partial charge in [0.15, 0.2) is 0 Å². The highest BCUT2D eigenvalue weighted by molar-refractivity contribution is 5.76. The van der Waals surface area contributed by atoms with E-state index in [4.69, 9.17) is 4.74 Å². The minimum atomic E-state index is -0.306. The van der Waals surface area contributed by atoms with Gasteiger partial charge in [0, 0.05) is 25.1 Å². The number of ether oxygens (including phenoxy) is 1. The molecule has 0 spiro atoms. The van der Waals surface area contributed by atoms with E-state index in [0.717, 1.165) is 37.2 Å². The molecule has 5 nitrogen and oxygen atoms in total. The lowest BCUT2D eigenvalue weighted by Crippen LogP contribution is -2.27. The van der Waals surface area contributed by atoms with E-state index in [-0.39, 0.29) is 11.7 Å². The van der Waals surface area contributed by atoms with Crippen molar-refractivity contribution in [3.05, 3.63) is 71.7 Å². The van der Waals surface area contributed by atoms with Gasteiger partial charge in [0.05, 0.1) is 11.4 Å². The Labute approximate surface area is 169 Å². The van der Waals surface area contributed by atoms with Crippen molar-refractivity contribution >= 4 is 5.91 Å². The van der Waals surface area contributed by atoms with Gasteiger partial charge in [0.2, 0.25) is 11.8 Å². The van der Waals surface area contributed by atoms with Gasteiger partial charge in [-0.1, -0.05) is 18.2 Å². The largest absolute Gasteiger partial charge is 0.439 e. The van der Waals surface area contributed by atoms with Crippen LogP contribution < -0.4 is 4.74 Å². The number of carbonyl (C=O) groups excluding carboxylic acids is 1. The molecule has 1 amide bonds. The van der Waals surface area contributed by atoms with E-state index in [2.05, 4.69) is 5.10 Å². The van der Waals surface area contributed by atoms with Gasteiger partial charge in [-0.05, 0) is 62.6 Å². The first-order chi connectivity index (χ1) is 14.1. The standard InChI is InChI=1S/C23H24FN3O2/c1-17-21(13-14-22(28)26-15-5-6-16-26)23(29-20-7-3-2-4-8-20)27(25-17)19-11-9-18(24)10-12-19/h2-4,7-12H,5-6,13-16H2,1H3. The Morgan fingerprint density at radius 2 is 1.76 bits per heavy atom. The van der Waals surface area contributed by atoms with Crippen LogP contribution >= 0.6 is 0 Å². The highest BCUT2D eigenvalue weighted by Gasteiger charge is 2.22. The molecule has 1 aliphatic heterocycles. The number of likely N-dealkylation sites (tertiary alicyclic amines) is 1. The molecule has 0 saturated carbocycles. The Morgan fingerprint density at radius 3 is 2.45 bits per heavy atom. The topological polar surface area (TPSA) is 47.4 Å². The van der Waals surface area contributed by atoms with Gasteiger partial charge in [-0.15, -0.1) is 0 Å². The lowest BCUT2D eigenvalue weighted by atomic mass is 10.1. The second-order valence-corrected chi connectivity index (χ2v) is 7.26. The predicted octanol–water partition coefficient (Wildman–Crippen LogP) is 4.67. The molecule has 29 heavy (non-hydrogen) atoms. The summed E-state index contributed by atoms with van der Waals surface area (Å²) in [6, 6.07) is 15.6. The summed E-state index contributed by atoms with van der Waals surface area (Å²) < 4.78 is 21.3. The number of hydrogen-bond acceptors (Lipinski definition) is 3. The van der Waals surface area contributed by atoms with E-state index in [1.807, 2.05) is 42.2 Å². The first-order valence-electron chi connectivity index (χ1n) is 9.97. The number of aryl methyl sites for hydroxylation is 1. The smallest absolute Gasteiger partial charge is 0.226 e. The van der Waals surface area contributed by atoms with Crippen LogP contribution in [0.25, 0.3) is 5.69 Å². The number of para-hydroxylation sites is 1. The van der Waals surface area contributed by atoms with E-state index in [1.54, 1.807) is 16.8 Å². The molecule has 0 atom stereocenters. The third-order valence-corrected chi connectivity index (χ3v) is 5.21. The van der Waals surface area contributed by atoms with Gasteiger partial charge in [-0.3, -0.25) is 4.79 Å². The summed E-state index contributed by atoms with van der Waals surface area (Å²) in [7, 11) is 0. The normalized spacial score (nSPS) is 13.7. The van der Waals surface area contributed by atoms with Crippen molar-refractivity contribution in [2.45, 2.75) is 32.6 Å². The summed E-state index contributed by atoms with van der Waals surface area (Å²) in [5.74, 6) is 1.11. The third kappa shape index (κ3) is 4.31. The average Bonchev–Trinajstić information content (AvgIpc) is 3.37. The number of hydrogen-bond donors (Lipinski definition) is 0. The number of amides is 1. The molecular formula is C23H24FN3O2. The van der Waals surface area contributed by atoms with E-state index >= 15 is 0 Å². The SMILES string of the molecule is Cc1nn(-c2ccc(F)cc2)c(Oc2ccccc2)c1CCC(=O)N1CCCC1. The van der Waals surface area contributed by atoms with Crippen LogP contribution in [0.3, 0.4) is 0 Å². The zero-order chi connectivity index (χ0) is 20.2. The maximum absolute atomic E-state index is 13.4. The molecule has 3 aromatic rings. The first kappa shape index (κ1) is 19.2. The Kier molecular flexibility index (Phi) is 5.60. The molecular weight excluding hydrogens is 369 g/mol. The highest BCUT2D eigenvalue weighted by Crippen LogP contribution is 2.31. The lowest BCUT2D eigenvalue weighted by molar-refractivity contribution is -0.130. The molecule has 1 aromatic heterocycles. The van der Waals surface area contributed by atoms with Gasteiger partial charge in [-0.25, -0.2) is 9.07 Å². The van der Waals surface area contributed by atoms with E-state index in [9.17, 15) is 9.18 Å². The summed E-state index contributed by atoms with van der Waals surface area (Å²) in [6.07, 6.45) is 3.12. The van der Waals surface area contributed by atoms with Crippen LogP contribution in [0.2, 0.25) is 0 Å². The van der Waals surface area contributed by atoms with Crippen molar-refractivity contribution in [1.82, 2.24) is 14.7 Å². The lowest BCUT2D eigenvalue weighted by Gasteiger charge is -2.15. The molecule has 0 N–H and O–H groups in total. The van der Waals surface area contributed by atoms with E-state index < -0.39 is 0 Å². The van der Waals surface area contributed by atoms with Crippen molar-refractivity contribution in [2.75, 3.05) is 13.1 Å². The van der Waals surface area contributed by atoms with Crippen LogP contribution in [-0.4, -0.2) is 33.7 Å². The van der Waals surface area contributed by atoms with Gasteiger partial charge in [-0.2, -0.15) is 5.10 Å². The van der Waals surface area contributed by atoms with Crippen molar-refractivity contribution < 1.29 is 13.9 Å². The van der Waals surface area contributed by atoms with Gasteiger partial charge in [0.1, 0.15) is 11.6 Å². The van der Waals surface area contributed by atoms with Crippen LogP contribution in [0.4, 0.5) is 4.39 Å². The molecule has 1 saturated heterocycles. The summed E-state index contributed by atoms with van der Waals surface area (Å²) in [6.45, 7) is 3.60. The summed E-state index contributed by atoms with van der Waals surface area (Å²) in [5, 5.41) is 4.63. The zero-order valence-corrected chi connectivity index (χ0v) is 16.5. The number of rotatable bonds is 6. The Bertz CT molecular complexity index is 977.